The Balaban J connectivity index is 2.11. The van der Waals surface area contributed by atoms with Gasteiger partial charge in [-0.15, -0.1) is 0 Å². The lowest BCUT2D eigenvalue weighted by molar-refractivity contribution is -0.00461. The predicted molar refractivity (Wildman–Crippen MR) is 78.0 cm³/mol. The number of hydrogen-bond acceptors (Lipinski definition) is 4. The van der Waals surface area contributed by atoms with Crippen molar-refractivity contribution in [2.45, 2.75) is 31.6 Å². The minimum absolute atomic E-state index is 0.0395. The number of Topliss-reactive ketones (excluding diaryl/α,β-unsaturated/α-hetero) is 1. The van der Waals surface area contributed by atoms with Crippen LogP contribution in [0.1, 0.15) is 23.7 Å². The van der Waals surface area contributed by atoms with Crippen LogP contribution in [0.25, 0.3) is 0 Å². The SMILES string of the molecule is CCC(C(=O)c1ccccc1)N1CC(OC)C(OC)C1. The van der Waals surface area contributed by atoms with Crippen LogP contribution >= 0.6 is 0 Å². The molecular formula is C16H23NO3. The topological polar surface area (TPSA) is 38.8 Å². The first-order valence-corrected chi connectivity index (χ1v) is 7.10. The number of carbonyl (C=O) groups excluding carboxylic acids is 1. The van der Waals surface area contributed by atoms with E-state index in [-0.39, 0.29) is 24.0 Å². The van der Waals surface area contributed by atoms with E-state index in [4.69, 9.17) is 9.47 Å². The standard InChI is InChI=1S/C16H23NO3/c1-4-13(16(18)12-8-6-5-7-9-12)17-10-14(19-2)15(11-17)20-3/h5-9,13-15H,4,10-11H2,1-3H3. The Morgan fingerprint density at radius 2 is 1.75 bits per heavy atom. The molecule has 1 saturated heterocycles. The number of benzene rings is 1. The lowest BCUT2D eigenvalue weighted by atomic mass is 10.0. The van der Waals surface area contributed by atoms with Crippen molar-refractivity contribution in [1.82, 2.24) is 4.90 Å². The first-order valence-electron chi connectivity index (χ1n) is 7.10. The Morgan fingerprint density at radius 1 is 1.20 bits per heavy atom. The molecule has 0 bridgehead atoms. The summed E-state index contributed by atoms with van der Waals surface area (Å²) in [6.07, 6.45) is 0.871. The Bertz CT molecular complexity index is 423. The first-order chi connectivity index (χ1) is 9.71. The molecule has 0 saturated carbocycles. The predicted octanol–water partition coefficient (Wildman–Crippen LogP) is 1.99. The molecule has 20 heavy (non-hydrogen) atoms. The Hall–Kier alpha value is -1.23. The van der Waals surface area contributed by atoms with Gasteiger partial charge < -0.3 is 9.47 Å². The molecule has 1 heterocycles. The maximum absolute atomic E-state index is 12.6. The maximum atomic E-state index is 12.6. The summed E-state index contributed by atoms with van der Waals surface area (Å²) in [4.78, 5) is 14.8. The van der Waals surface area contributed by atoms with Crippen LogP contribution in [0.5, 0.6) is 0 Å². The minimum Gasteiger partial charge on any atom is -0.377 e. The van der Waals surface area contributed by atoms with Crippen LogP contribution in [0.3, 0.4) is 0 Å². The summed E-state index contributed by atoms with van der Waals surface area (Å²) in [6.45, 7) is 3.53. The molecule has 1 aliphatic heterocycles. The van der Waals surface area contributed by atoms with Crippen molar-refractivity contribution < 1.29 is 14.3 Å². The second kappa shape index (κ2) is 6.97. The van der Waals surface area contributed by atoms with Crippen molar-refractivity contribution in [2.75, 3.05) is 27.3 Å². The summed E-state index contributed by atoms with van der Waals surface area (Å²) in [6, 6.07) is 9.38. The van der Waals surface area contributed by atoms with Gasteiger partial charge in [0, 0.05) is 32.9 Å². The highest BCUT2D eigenvalue weighted by molar-refractivity contribution is 6.00. The van der Waals surface area contributed by atoms with Crippen molar-refractivity contribution in [3.63, 3.8) is 0 Å². The van der Waals surface area contributed by atoms with Crippen LogP contribution in [0.15, 0.2) is 30.3 Å². The van der Waals surface area contributed by atoms with Gasteiger partial charge in [0.05, 0.1) is 18.2 Å². The quantitative estimate of drug-likeness (QED) is 0.746. The van der Waals surface area contributed by atoms with Gasteiger partial charge in [0.25, 0.3) is 0 Å². The van der Waals surface area contributed by atoms with Gasteiger partial charge in [0.2, 0.25) is 0 Å². The summed E-state index contributed by atoms with van der Waals surface area (Å²) in [7, 11) is 3.39. The van der Waals surface area contributed by atoms with Gasteiger partial charge >= 0.3 is 0 Å². The van der Waals surface area contributed by atoms with Gasteiger partial charge in [-0.2, -0.15) is 0 Å². The Labute approximate surface area is 120 Å². The van der Waals surface area contributed by atoms with Crippen LogP contribution in [-0.2, 0) is 9.47 Å². The van der Waals surface area contributed by atoms with Crippen LogP contribution in [0.2, 0.25) is 0 Å². The van der Waals surface area contributed by atoms with E-state index in [0.717, 1.165) is 25.1 Å². The summed E-state index contributed by atoms with van der Waals surface area (Å²) in [5.74, 6) is 0.180. The molecule has 4 heteroatoms. The number of methoxy groups -OCH3 is 2. The molecule has 0 spiro atoms. The second-order valence-corrected chi connectivity index (χ2v) is 5.16. The van der Waals surface area contributed by atoms with Gasteiger partial charge in [-0.05, 0) is 6.42 Å². The van der Waals surface area contributed by atoms with Crippen LogP contribution in [0.4, 0.5) is 0 Å². The fourth-order valence-corrected chi connectivity index (χ4v) is 2.88. The number of carbonyl (C=O) groups is 1. The summed E-state index contributed by atoms with van der Waals surface area (Å²) in [5, 5.41) is 0. The molecule has 110 valence electrons. The molecule has 0 aliphatic carbocycles. The average molecular weight is 277 g/mol. The van der Waals surface area contributed by atoms with E-state index in [2.05, 4.69) is 4.90 Å². The zero-order chi connectivity index (χ0) is 14.5. The van der Waals surface area contributed by atoms with E-state index in [1.807, 2.05) is 37.3 Å². The van der Waals surface area contributed by atoms with Crippen LogP contribution in [-0.4, -0.2) is 56.2 Å². The van der Waals surface area contributed by atoms with Crippen molar-refractivity contribution >= 4 is 5.78 Å². The highest BCUT2D eigenvalue weighted by Crippen LogP contribution is 2.22. The van der Waals surface area contributed by atoms with Gasteiger partial charge in [0.15, 0.2) is 5.78 Å². The van der Waals surface area contributed by atoms with Crippen molar-refractivity contribution in [1.29, 1.82) is 0 Å². The van der Waals surface area contributed by atoms with E-state index in [0.29, 0.717) is 0 Å². The molecule has 0 aromatic heterocycles. The molecule has 1 fully saturated rings. The zero-order valence-corrected chi connectivity index (χ0v) is 12.4. The number of ether oxygens (including phenoxy) is 2. The van der Waals surface area contributed by atoms with Crippen molar-refractivity contribution in [2.24, 2.45) is 0 Å². The van der Waals surface area contributed by atoms with Gasteiger partial charge in [-0.1, -0.05) is 37.3 Å². The molecule has 3 unspecified atom stereocenters. The Morgan fingerprint density at radius 3 is 2.20 bits per heavy atom. The highest BCUT2D eigenvalue weighted by atomic mass is 16.5. The fraction of sp³-hybridized carbons (Fsp3) is 0.562. The van der Waals surface area contributed by atoms with Crippen LogP contribution < -0.4 is 0 Å². The van der Waals surface area contributed by atoms with Crippen LogP contribution in [0, 0.1) is 0 Å². The van der Waals surface area contributed by atoms with Gasteiger partial charge in [0.1, 0.15) is 0 Å². The van der Waals surface area contributed by atoms with Crippen molar-refractivity contribution in [3.8, 4) is 0 Å². The van der Waals surface area contributed by atoms with Crippen molar-refractivity contribution in [3.05, 3.63) is 35.9 Å². The van der Waals surface area contributed by atoms with E-state index >= 15 is 0 Å². The highest BCUT2D eigenvalue weighted by Gasteiger charge is 2.38. The lowest BCUT2D eigenvalue weighted by Gasteiger charge is -2.25. The molecule has 1 aromatic carbocycles. The third-order valence-corrected chi connectivity index (χ3v) is 4.04. The molecule has 0 radical (unpaired) electrons. The molecule has 2 rings (SSSR count). The molecule has 1 aliphatic rings. The lowest BCUT2D eigenvalue weighted by Crippen LogP contribution is -2.40. The molecule has 1 aromatic rings. The smallest absolute Gasteiger partial charge is 0.179 e. The zero-order valence-electron chi connectivity index (χ0n) is 12.4. The third-order valence-electron chi connectivity index (χ3n) is 4.04. The monoisotopic (exact) mass is 277 g/mol. The van der Waals surface area contributed by atoms with E-state index in [1.165, 1.54) is 0 Å². The average Bonchev–Trinajstić information content (AvgIpc) is 2.92. The summed E-state index contributed by atoms with van der Waals surface area (Å²) >= 11 is 0. The van der Waals surface area contributed by atoms with E-state index in [1.54, 1.807) is 14.2 Å². The third kappa shape index (κ3) is 3.08. The molecule has 0 amide bonds. The van der Waals surface area contributed by atoms with E-state index < -0.39 is 0 Å². The second-order valence-electron chi connectivity index (χ2n) is 5.16. The summed E-state index contributed by atoms with van der Waals surface area (Å²) in [5.41, 5.74) is 0.772. The molecule has 0 N–H and O–H groups in total. The number of likely N-dealkylation sites (tertiary alicyclic amines) is 1. The molecule has 3 atom stereocenters. The molecular weight excluding hydrogens is 254 g/mol. The largest absolute Gasteiger partial charge is 0.377 e. The van der Waals surface area contributed by atoms with Gasteiger partial charge in [-0.25, -0.2) is 0 Å². The van der Waals surface area contributed by atoms with E-state index in [9.17, 15) is 4.79 Å². The minimum atomic E-state index is -0.102. The van der Waals surface area contributed by atoms with Gasteiger partial charge in [-0.3, -0.25) is 9.69 Å². The number of nitrogens with zero attached hydrogens (tertiary/aromatic N) is 1. The normalized spacial score (nSPS) is 24.8. The molecule has 4 nitrogen and oxygen atoms in total. The number of hydrogen-bond donors (Lipinski definition) is 0. The summed E-state index contributed by atoms with van der Waals surface area (Å²) < 4.78 is 10.9. The number of ketones is 1. The first kappa shape index (κ1) is 15.2. The number of rotatable bonds is 6. The Kier molecular flexibility index (Phi) is 5.29. The fourth-order valence-electron chi connectivity index (χ4n) is 2.88. The maximum Gasteiger partial charge on any atom is 0.179 e.